The van der Waals surface area contributed by atoms with Crippen LogP contribution in [0.1, 0.15) is 20.3 Å². The average molecular weight is 279 g/mol. The molecule has 0 bridgehead atoms. The molecular formula is C15H25N3O2. The highest BCUT2D eigenvalue weighted by Crippen LogP contribution is 2.20. The standard InChI is InChI=1S/C15H25N3O2/c1-4-9-18(14-7-5-6-13(16)11-14)12(2)15(19)17-8-10-20-3/h5-7,11-12H,4,8-10,16H2,1-3H3,(H,17,19). The molecular weight excluding hydrogens is 254 g/mol. The summed E-state index contributed by atoms with van der Waals surface area (Å²) < 4.78 is 4.94. The van der Waals surface area contributed by atoms with E-state index in [9.17, 15) is 4.79 Å². The topological polar surface area (TPSA) is 67.6 Å². The minimum atomic E-state index is -0.242. The lowest BCUT2D eigenvalue weighted by Gasteiger charge is -2.30. The van der Waals surface area contributed by atoms with E-state index in [1.165, 1.54) is 0 Å². The summed E-state index contributed by atoms with van der Waals surface area (Å²) in [5.74, 6) is -0.00192. The van der Waals surface area contributed by atoms with Crippen LogP contribution >= 0.6 is 0 Å². The van der Waals surface area contributed by atoms with E-state index < -0.39 is 0 Å². The SMILES string of the molecule is CCCN(c1cccc(N)c1)C(C)C(=O)NCCOC. The Bertz CT molecular complexity index is 423. The van der Waals surface area contributed by atoms with Crippen LogP contribution in [0.25, 0.3) is 0 Å². The van der Waals surface area contributed by atoms with Gasteiger partial charge in [0.15, 0.2) is 0 Å². The Kier molecular flexibility index (Phi) is 6.87. The Morgan fingerprint density at radius 2 is 2.25 bits per heavy atom. The second kappa shape index (κ2) is 8.43. The molecule has 112 valence electrons. The molecule has 20 heavy (non-hydrogen) atoms. The predicted octanol–water partition coefficient (Wildman–Crippen LogP) is 1.64. The number of carbonyl (C=O) groups excluding carboxylic acids is 1. The van der Waals surface area contributed by atoms with Crippen LogP contribution in [0.15, 0.2) is 24.3 Å². The minimum absolute atomic E-state index is 0.00192. The maximum absolute atomic E-state index is 12.2. The first-order valence-corrected chi connectivity index (χ1v) is 6.99. The van der Waals surface area contributed by atoms with Crippen molar-refractivity contribution in [1.82, 2.24) is 5.32 Å². The Balaban J connectivity index is 2.76. The highest BCUT2D eigenvalue weighted by atomic mass is 16.5. The van der Waals surface area contributed by atoms with Gasteiger partial charge >= 0.3 is 0 Å². The summed E-state index contributed by atoms with van der Waals surface area (Å²) in [5, 5.41) is 2.87. The predicted molar refractivity (Wildman–Crippen MR) is 82.8 cm³/mol. The van der Waals surface area contributed by atoms with Crippen molar-refractivity contribution in [2.24, 2.45) is 0 Å². The number of benzene rings is 1. The highest BCUT2D eigenvalue weighted by Gasteiger charge is 2.20. The molecule has 0 aliphatic carbocycles. The van der Waals surface area contributed by atoms with E-state index in [0.717, 1.165) is 18.7 Å². The van der Waals surface area contributed by atoms with Crippen molar-refractivity contribution in [3.8, 4) is 0 Å². The lowest BCUT2D eigenvalue weighted by atomic mass is 10.2. The first kappa shape index (κ1) is 16.3. The number of amides is 1. The molecule has 0 aliphatic heterocycles. The van der Waals surface area contributed by atoms with Gasteiger partial charge in [0.2, 0.25) is 5.91 Å². The normalized spacial score (nSPS) is 11.9. The molecule has 5 nitrogen and oxygen atoms in total. The van der Waals surface area contributed by atoms with Crippen LogP contribution in [-0.4, -0.2) is 38.8 Å². The second-order valence-corrected chi connectivity index (χ2v) is 4.75. The van der Waals surface area contributed by atoms with Crippen LogP contribution in [0.2, 0.25) is 0 Å². The molecule has 1 atom stereocenters. The van der Waals surface area contributed by atoms with Gasteiger partial charge in [-0.2, -0.15) is 0 Å². The van der Waals surface area contributed by atoms with E-state index in [-0.39, 0.29) is 11.9 Å². The van der Waals surface area contributed by atoms with Crippen molar-refractivity contribution in [3.63, 3.8) is 0 Å². The zero-order valence-corrected chi connectivity index (χ0v) is 12.6. The van der Waals surface area contributed by atoms with Gasteiger partial charge in [-0.15, -0.1) is 0 Å². The molecule has 1 aromatic rings. The lowest BCUT2D eigenvalue weighted by molar-refractivity contribution is -0.122. The molecule has 0 aliphatic rings. The van der Waals surface area contributed by atoms with Gasteiger partial charge in [0.1, 0.15) is 6.04 Å². The molecule has 0 fully saturated rings. The Morgan fingerprint density at radius 3 is 2.85 bits per heavy atom. The molecule has 0 saturated carbocycles. The molecule has 1 aromatic carbocycles. The summed E-state index contributed by atoms with van der Waals surface area (Å²) in [6, 6.07) is 7.38. The largest absolute Gasteiger partial charge is 0.399 e. The Labute approximate surface area is 121 Å². The van der Waals surface area contributed by atoms with Gasteiger partial charge < -0.3 is 20.7 Å². The zero-order valence-electron chi connectivity index (χ0n) is 12.6. The third-order valence-electron chi connectivity index (χ3n) is 3.12. The Morgan fingerprint density at radius 1 is 1.50 bits per heavy atom. The second-order valence-electron chi connectivity index (χ2n) is 4.75. The molecule has 1 rings (SSSR count). The summed E-state index contributed by atoms with van der Waals surface area (Å²) in [7, 11) is 1.62. The van der Waals surface area contributed by atoms with Crippen molar-refractivity contribution in [3.05, 3.63) is 24.3 Å². The van der Waals surface area contributed by atoms with E-state index in [4.69, 9.17) is 10.5 Å². The van der Waals surface area contributed by atoms with Crippen LogP contribution in [-0.2, 0) is 9.53 Å². The van der Waals surface area contributed by atoms with E-state index in [1.54, 1.807) is 7.11 Å². The molecule has 0 spiro atoms. The zero-order chi connectivity index (χ0) is 15.0. The molecule has 0 saturated heterocycles. The number of carbonyl (C=O) groups is 1. The van der Waals surface area contributed by atoms with Crippen molar-refractivity contribution in [1.29, 1.82) is 0 Å². The first-order chi connectivity index (χ1) is 9.60. The summed E-state index contributed by atoms with van der Waals surface area (Å²) in [5.41, 5.74) is 7.50. The molecule has 0 radical (unpaired) electrons. The maximum Gasteiger partial charge on any atom is 0.242 e. The third kappa shape index (κ3) is 4.74. The fourth-order valence-corrected chi connectivity index (χ4v) is 2.06. The van der Waals surface area contributed by atoms with Gasteiger partial charge in [-0.1, -0.05) is 13.0 Å². The fraction of sp³-hybridized carbons (Fsp3) is 0.533. The summed E-state index contributed by atoms with van der Waals surface area (Å²) in [6.45, 7) is 5.85. The van der Waals surface area contributed by atoms with Gasteiger partial charge in [-0.3, -0.25) is 4.79 Å². The van der Waals surface area contributed by atoms with E-state index in [0.29, 0.717) is 18.8 Å². The van der Waals surface area contributed by atoms with Gasteiger partial charge in [-0.05, 0) is 31.5 Å². The molecule has 1 amide bonds. The van der Waals surface area contributed by atoms with E-state index >= 15 is 0 Å². The minimum Gasteiger partial charge on any atom is -0.399 e. The number of hydrogen-bond donors (Lipinski definition) is 2. The van der Waals surface area contributed by atoms with Crippen molar-refractivity contribution >= 4 is 17.3 Å². The maximum atomic E-state index is 12.2. The van der Waals surface area contributed by atoms with E-state index in [2.05, 4.69) is 17.1 Å². The van der Waals surface area contributed by atoms with E-state index in [1.807, 2.05) is 31.2 Å². The van der Waals surface area contributed by atoms with Gasteiger partial charge in [0, 0.05) is 31.6 Å². The average Bonchev–Trinajstić information content (AvgIpc) is 2.44. The van der Waals surface area contributed by atoms with Gasteiger partial charge in [-0.25, -0.2) is 0 Å². The summed E-state index contributed by atoms with van der Waals surface area (Å²) in [4.78, 5) is 14.2. The van der Waals surface area contributed by atoms with Crippen LogP contribution in [0.5, 0.6) is 0 Å². The number of rotatable bonds is 8. The highest BCUT2D eigenvalue weighted by molar-refractivity contribution is 5.85. The molecule has 3 N–H and O–H groups in total. The third-order valence-corrected chi connectivity index (χ3v) is 3.12. The molecule has 5 heteroatoms. The number of anilines is 2. The number of methoxy groups -OCH3 is 1. The monoisotopic (exact) mass is 279 g/mol. The molecule has 1 unspecified atom stereocenters. The number of nitrogen functional groups attached to an aromatic ring is 1. The number of nitrogens with one attached hydrogen (secondary N) is 1. The molecule has 0 aromatic heterocycles. The number of hydrogen-bond acceptors (Lipinski definition) is 4. The Hall–Kier alpha value is -1.75. The number of nitrogens with zero attached hydrogens (tertiary/aromatic N) is 1. The van der Waals surface area contributed by atoms with Crippen molar-refractivity contribution in [2.75, 3.05) is 37.4 Å². The fourth-order valence-electron chi connectivity index (χ4n) is 2.06. The van der Waals surface area contributed by atoms with Crippen LogP contribution in [0.4, 0.5) is 11.4 Å². The summed E-state index contributed by atoms with van der Waals surface area (Å²) in [6.07, 6.45) is 0.963. The summed E-state index contributed by atoms with van der Waals surface area (Å²) >= 11 is 0. The van der Waals surface area contributed by atoms with Gasteiger partial charge in [0.05, 0.1) is 6.61 Å². The van der Waals surface area contributed by atoms with Gasteiger partial charge in [0.25, 0.3) is 0 Å². The smallest absolute Gasteiger partial charge is 0.242 e. The number of ether oxygens (including phenoxy) is 1. The van der Waals surface area contributed by atoms with Crippen LogP contribution in [0.3, 0.4) is 0 Å². The lowest BCUT2D eigenvalue weighted by Crippen LogP contribution is -2.46. The van der Waals surface area contributed by atoms with Crippen LogP contribution in [0, 0.1) is 0 Å². The quantitative estimate of drug-likeness (QED) is 0.561. The molecule has 0 heterocycles. The van der Waals surface area contributed by atoms with Crippen molar-refractivity contribution < 1.29 is 9.53 Å². The number of nitrogens with two attached hydrogens (primary N) is 1. The first-order valence-electron chi connectivity index (χ1n) is 6.99. The van der Waals surface area contributed by atoms with Crippen molar-refractivity contribution in [2.45, 2.75) is 26.3 Å². The van der Waals surface area contributed by atoms with Crippen LogP contribution < -0.4 is 16.0 Å².